The summed E-state index contributed by atoms with van der Waals surface area (Å²) in [7, 11) is -3.47. The first-order valence-electron chi connectivity index (χ1n) is 6.22. The molecule has 1 fully saturated rings. The average Bonchev–Trinajstić information content (AvgIpc) is 2.89. The number of sulfone groups is 1. The summed E-state index contributed by atoms with van der Waals surface area (Å²) in [5.41, 5.74) is 5.80. The molecule has 2 unspecified atom stereocenters. The Morgan fingerprint density at radius 3 is 2.80 bits per heavy atom. The van der Waals surface area contributed by atoms with Crippen LogP contribution in [0.1, 0.15) is 18.2 Å². The smallest absolute Gasteiger partial charge is 0.180 e. The quantitative estimate of drug-likeness (QED) is 0.871. The molecule has 2 heterocycles. The van der Waals surface area contributed by atoms with Gasteiger partial charge in [-0.2, -0.15) is 5.26 Å². The van der Waals surface area contributed by atoms with Crippen LogP contribution in [0.25, 0.3) is 0 Å². The second kappa shape index (κ2) is 5.60. The van der Waals surface area contributed by atoms with E-state index >= 15 is 0 Å². The molecule has 0 saturated carbocycles. The average molecular weight is 315 g/mol. The summed E-state index contributed by atoms with van der Waals surface area (Å²) in [5, 5.41) is 12.5. The molecule has 0 spiro atoms. The number of nitrogens with one attached hydrogen (secondary N) is 1. The van der Waals surface area contributed by atoms with Crippen molar-refractivity contribution in [3.8, 4) is 6.07 Å². The van der Waals surface area contributed by atoms with Gasteiger partial charge in [-0.3, -0.25) is 0 Å². The lowest BCUT2D eigenvalue weighted by molar-refractivity contribution is 0.108. The molecule has 2 atom stereocenters. The highest BCUT2D eigenvalue weighted by Gasteiger charge is 2.27. The first-order valence-corrected chi connectivity index (χ1v) is 8.93. The third-order valence-electron chi connectivity index (χ3n) is 3.43. The van der Waals surface area contributed by atoms with E-state index in [9.17, 15) is 8.42 Å². The first kappa shape index (κ1) is 15.1. The molecular weight excluding hydrogens is 298 g/mol. The number of thiophene rings is 1. The van der Waals surface area contributed by atoms with Crippen LogP contribution in [0.3, 0.4) is 0 Å². The first-order chi connectivity index (χ1) is 9.34. The van der Waals surface area contributed by atoms with Gasteiger partial charge >= 0.3 is 0 Å². The highest BCUT2D eigenvalue weighted by Crippen LogP contribution is 2.39. The van der Waals surface area contributed by atoms with Crippen molar-refractivity contribution in [3.63, 3.8) is 0 Å². The van der Waals surface area contributed by atoms with Crippen molar-refractivity contribution in [2.75, 3.05) is 30.5 Å². The number of nitrogen functional groups attached to an aromatic ring is 1. The largest absolute Gasteiger partial charge is 0.396 e. The van der Waals surface area contributed by atoms with Crippen LogP contribution in [0.4, 0.5) is 10.7 Å². The molecule has 0 bridgehead atoms. The van der Waals surface area contributed by atoms with Gasteiger partial charge in [0, 0.05) is 25.3 Å². The van der Waals surface area contributed by atoms with E-state index in [1.54, 1.807) is 0 Å². The number of anilines is 2. The topological polar surface area (TPSA) is 105 Å². The predicted octanol–water partition coefficient (Wildman–Crippen LogP) is 1.44. The molecular formula is C12H17N3O3S2. The molecule has 0 radical (unpaired) electrons. The van der Waals surface area contributed by atoms with Crippen molar-refractivity contribution >= 4 is 31.9 Å². The third kappa shape index (κ3) is 2.90. The van der Waals surface area contributed by atoms with Crippen molar-refractivity contribution in [3.05, 3.63) is 4.88 Å². The summed E-state index contributed by atoms with van der Waals surface area (Å²) in [6.07, 6.45) is 2.19. The van der Waals surface area contributed by atoms with Crippen LogP contribution in [-0.2, 0) is 14.6 Å². The molecule has 3 N–H and O–H groups in total. The number of nitriles is 1. The van der Waals surface area contributed by atoms with Crippen molar-refractivity contribution in [1.82, 2.24) is 0 Å². The summed E-state index contributed by atoms with van der Waals surface area (Å²) in [4.78, 5) is 0.259. The van der Waals surface area contributed by atoms with Gasteiger partial charge in [0.25, 0.3) is 0 Å². The molecule has 6 nitrogen and oxygen atoms in total. The summed E-state index contributed by atoms with van der Waals surface area (Å²) in [6, 6.07) is 1.93. The lowest BCUT2D eigenvalue weighted by Crippen LogP contribution is -2.21. The maximum atomic E-state index is 11.8. The molecule has 8 heteroatoms. The zero-order valence-corrected chi connectivity index (χ0v) is 13.0. The minimum atomic E-state index is -3.47. The van der Waals surface area contributed by atoms with Crippen LogP contribution in [0.5, 0.6) is 0 Å². The van der Waals surface area contributed by atoms with E-state index in [2.05, 4.69) is 5.32 Å². The van der Waals surface area contributed by atoms with Gasteiger partial charge < -0.3 is 15.8 Å². The number of nitrogens with two attached hydrogens (primary N) is 1. The van der Waals surface area contributed by atoms with E-state index in [0.717, 1.165) is 30.6 Å². The number of ether oxygens (including phenoxy) is 1. The minimum absolute atomic E-state index is 0.0330. The predicted molar refractivity (Wildman–Crippen MR) is 78.6 cm³/mol. The zero-order chi connectivity index (χ0) is 14.9. The van der Waals surface area contributed by atoms with Gasteiger partial charge in [0.2, 0.25) is 0 Å². The standard InChI is InChI=1S/C12H17N3O3S2/c1-7-8(3-4-18-7)6-15-12-11(20(2,16)17)10(14)9(5-13)19-12/h7-8,15H,3-4,6,14H2,1-2H3. The molecule has 1 aliphatic heterocycles. The molecule has 2 rings (SSSR count). The van der Waals surface area contributed by atoms with Gasteiger partial charge in [0.05, 0.1) is 11.8 Å². The normalized spacial score (nSPS) is 22.6. The van der Waals surface area contributed by atoms with Gasteiger partial charge in [-0.15, -0.1) is 11.3 Å². The monoisotopic (exact) mass is 315 g/mol. The van der Waals surface area contributed by atoms with E-state index in [0.29, 0.717) is 17.5 Å². The zero-order valence-electron chi connectivity index (χ0n) is 11.3. The van der Waals surface area contributed by atoms with Crippen molar-refractivity contribution < 1.29 is 13.2 Å². The van der Waals surface area contributed by atoms with Crippen molar-refractivity contribution in [1.29, 1.82) is 5.26 Å². The van der Waals surface area contributed by atoms with Crippen molar-refractivity contribution in [2.45, 2.75) is 24.3 Å². The molecule has 0 amide bonds. The molecule has 0 aromatic carbocycles. The van der Waals surface area contributed by atoms with Crippen LogP contribution in [-0.4, -0.2) is 33.9 Å². The van der Waals surface area contributed by atoms with E-state index in [1.807, 2.05) is 13.0 Å². The number of hydrogen-bond acceptors (Lipinski definition) is 7. The highest BCUT2D eigenvalue weighted by atomic mass is 32.2. The summed E-state index contributed by atoms with van der Waals surface area (Å²) in [5.74, 6) is 0.330. The molecule has 1 aromatic rings. The minimum Gasteiger partial charge on any atom is -0.396 e. The second-order valence-electron chi connectivity index (χ2n) is 4.89. The molecule has 20 heavy (non-hydrogen) atoms. The van der Waals surface area contributed by atoms with E-state index < -0.39 is 9.84 Å². The Balaban J connectivity index is 2.25. The Kier molecular flexibility index (Phi) is 4.22. The van der Waals surface area contributed by atoms with Gasteiger partial charge in [0.15, 0.2) is 9.84 Å². The Bertz CT molecular complexity index is 646. The van der Waals surface area contributed by atoms with Crippen LogP contribution in [0.15, 0.2) is 4.90 Å². The molecule has 1 saturated heterocycles. The third-order valence-corrected chi connectivity index (χ3v) is 5.79. The van der Waals surface area contributed by atoms with Crippen LogP contribution in [0, 0.1) is 17.2 Å². The fourth-order valence-electron chi connectivity index (χ4n) is 2.26. The molecule has 0 aliphatic carbocycles. The molecule has 1 aromatic heterocycles. The fourth-order valence-corrected chi connectivity index (χ4v) is 4.64. The van der Waals surface area contributed by atoms with Gasteiger partial charge in [-0.25, -0.2) is 8.42 Å². The number of rotatable bonds is 4. The second-order valence-corrected chi connectivity index (χ2v) is 7.87. The Morgan fingerprint density at radius 1 is 1.60 bits per heavy atom. The van der Waals surface area contributed by atoms with E-state index in [-0.39, 0.29) is 21.6 Å². The van der Waals surface area contributed by atoms with Gasteiger partial charge in [0.1, 0.15) is 20.8 Å². The van der Waals surface area contributed by atoms with Crippen LogP contribution in [0.2, 0.25) is 0 Å². The molecule has 1 aliphatic rings. The number of hydrogen-bond donors (Lipinski definition) is 2. The Hall–Kier alpha value is -1.30. The maximum Gasteiger partial charge on any atom is 0.180 e. The lowest BCUT2D eigenvalue weighted by atomic mass is 10.0. The Morgan fingerprint density at radius 2 is 2.30 bits per heavy atom. The highest BCUT2D eigenvalue weighted by molar-refractivity contribution is 7.91. The summed E-state index contributed by atoms with van der Waals surface area (Å²) in [6.45, 7) is 3.33. The molecule has 110 valence electrons. The van der Waals surface area contributed by atoms with E-state index in [1.165, 1.54) is 0 Å². The maximum absolute atomic E-state index is 11.8. The van der Waals surface area contributed by atoms with Crippen LogP contribution < -0.4 is 11.1 Å². The number of nitrogens with zero attached hydrogens (tertiary/aromatic N) is 1. The summed E-state index contributed by atoms with van der Waals surface area (Å²) >= 11 is 1.08. The van der Waals surface area contributed by atoms with Crippen molar-refractivity contribution in [2.24, 2.45) is 5.92 Å². The SMILES string of the molecule is CC1OCCC1CNc1sc(C#N)c(N)c1S(C)(=O)=O. The van der Waals surface area contributed by atoms with Crippen LogP contribution >= 0.6 is 11.3 Å². The van der Waals surface area contributed by atoms with E-state index in [4.69, 9.17) is 15.7 Å². The summed E-state index contributed by atoms with van der Waals surface area (Å²) < 4.78 is 29.1. The Labute approximate surface area is 122 Å². The fraction of sp³-hybridized carbons (Fsp3) is 0.583. The van der Waals surface area contributed by atoms with Gasteiger partial charge in [-0.1, -0.05) is 0 Å². The van der Waals surface area contributed by atoms with Gasteiger partial charge in [-0.05, 0) is 13.3 Å². The lowest BCUT2D eigenvalue weighted by Gasteiger charge is -2.15.